The van der Waals surface area contributed by atoms with Crippen molar-refractivity contribution in [1.29, 1.82) is 0 Å². The Hall–Kier alpha value is -4.31. The topological polar surface area (TPSA) is 109 Å². The van der Waals surface area contributed by atoms with E-state index in [2.05, 4.69) is 42.7 Å². The van der Waals surface area contributed by atoms with Crippen LogP contribution in [0.2, 0.25) is 0 Å². The summed E-state index contributed by atoms with van der Waals surface area (Å²) < 4.78 is 3.44. The lowest BCUT2D eigenvalue weighted by molar-refractivity contribution is 0.654. The summed E-state index contributed by atoms with van der Waals surface area (Å²) in [5, 5.41) is 11.8. The second-order valence-corrected chi connectivity index (χ2v) is 8.61. The molecule has 3 N–H and O–H groups in total. The van der Waals surface area contributed by atoms with Crippen molar-refractivity contribution in [3.05, 3.63) is 83.5 Å². The van der Waals surface area contributed by atoms with E-state index in [1.54, 1.807) is 27.3 Å². The fraction of sp³-hybridized carbons (Fsp3) is 0.0833. The third-order valence-electron chi connectivity index (χ3n) is 5.75. The number of thioether (sulfide) groups is 1. The number of H-pyrrole nitrogens is 2. The molecular formula is C24H20N8OS. The van der Waals surface area contributed by atoms with Crippen LogP contribution in [0.4, 0.5) is 5.82 Å². The summed E-state index contributed by atoms with van der Waals surface area (Å²) in [6.45, 7) is 0.343. The number of hydrogen-bond donors (Lipinski definition) is 3. The Kier molecular flexibility index (Phi) is 4.92. The fourth-order valence-electron chi connectivity index (χ4n) is 4.08. The van der Waals surface area contributed by atoms with Crippen molar-refractivity contribution < 1.29 is 0 Å². The fourth-order valence-corrected chi connectivity index (χ4v) is 4.49. The van der Waals surface area contributed by atoms with Crippen LogP contribution in [0.5, 0.6) is 0 Å². The molecule has 0 amide bonds. The SMILES string of the molecule is CSc1ccc(-c2c(NCn3nnc4ccccc43)[nH]c(=O)n2-c2ccc3nc[nH]c3c2)cc1. The van der Waals surface area contributed by atoms with Crippen molar-refractivity contribution in [1.82, 2.24) is 34.5 Å². The van der Waals surface area contributed by atoms with Gasteiger partial charge in [0.05, 0.1) is 34.3 Å². The molecule has 0 atom stereocenters. The Balaban J connectivity index is 1.46. The second kappa shape index (κ2) is 8.23. The summed E-state index contributed by atoms with van der Waals surface area (Å²) in [7, 11) is 0. The molecule has 0 bridgehead atoms. The van der Waals surface area contributed by atoms with Crippen LogP contribution in [-0.4, -0.2) is 40.8 Å². The molecule has 3 aromatic carbocycles. The summed E-state index contributed by atoms with van der Waals surface area (Å²) in [5.41, 5.74) is 5.57. The lowest BCUT2D eigenvalue weighted by Crippen LogP contribution is -2.15. The van der Waals surface area contributed by atoms with E-state index in [0.29, 0.717) is 12.5 Å². The minimum absolute atomic E-state index is 0.242. The predicted octanol–water partition coefficient (Wildman–Crippen LogP) is 4.25. The molecule has 0 spiro atoms. The van der Waals surface area contributed by atoms with E-state index in [4.69, 9.17) is 0 Å². The minimum Gasteiger partial charge on any atom is -0.351 e. The standard InChI is InChI=1S/C24H20N8OS/c1-34-17-9-6-15(7-10-17)22-23(27-14-31-21-5-3-2-4-19(21)29-30-31)28-24(33)32(22)16-8-11-18-20(12-16)26-13-25-18/h2-13,27H,14H2,1H3,(H,25,26)(H,28,33). The average Bonchev–Trinajstić information content (AvgIpc) is 3.59. The molecule has 10 heteroatoms. The number of benzene rings is 3. The first-order valence-electron chi connectivity index (χ1n) is 10.7. The molecule has 168 valence electrons. The van der Waals surface area contributed by atoms with Crippen LogP contribution >= 0.6 is 11.8 Å². The molecule has 34 heavy (non-hydrogen) atoms. The Morgan fingerprint density at radius 2 is 1.88 bits per heavy atom. The van der Waals surface area contributed by atoms with Crippen molar-refractivity contribution in [2.45, 2.75) is 11.6 Å². The summed E-state index contributed by atoms with van der Waals surface area (Å²) >= 11 is 1.67. The zero-order chi connectivity index (χ0) is 23.1. The first kappa shape index (κ1) is 20.3. The van der Waals surface area contributed by atoms with Gasteiger partial charge in [0.2, 0.25) is 0 Å². The van der Waals surface area contributed by atoms with Crippen LogP contribution in [0.15, 0.2) is 82.7 Å². The van der Waals surface area contributed by atoms with Gasteiger partial charge in [0.25, 0.3) is 0 Å². The van der Waals surface area contributed by atoms with Gasteiger partial charge in [-0.15, -0.1) is 16.9 Å². The zero-order valence-electron chi connectivity index (χ0n) is 18.2. The number of para-hydroxylation sites is 1. The van der Waals surface area contributed by atoms with Crippen LogP contribution in [0.3, 0.4) is 0 Å². The highest BCUT2D eigenvalue weighted by molar-refractivity contribution is 7.98. The number of nitrogens with one attached hydrogen (secondary N) is 3. The molecule has 0 radical (unpaired) electrons. The maximum absolute atomic E-state index is 13.2. The molecule has 0 aliphatic rings. The highest BCUT2D eigenvalue weighted by Gasteiger charge is 2.18. The Labute approximate surface area is 197 Å². The van der Waals surface area contributed by atoms with Gasteiger partial charge in [-0.1, -0.05) is 29.5 Å². The Bertz CT molecular complexity index is 1680. The van der Waals surface area contributed by atoms with E-state index < -0.39 is 0 Å². The number of hydrogen-bond acceptors (Lipinski definition) is 6. The number of anilines is 1. The van der Waals surface area contributed by atoms with Crippen molar-refractivity contribution >= 4 is 39.6 Å². The van der Waals surface area contributed by atoms with Crippen molar-refractivity contribution in [3.8, 4) is 16.9 Å². The van der Waals surface area contributed by atoms with E-state index >= 15 is 0 Å². The van der Waals surface area contributed by atoms with Crippen molar-refractivity contribution in [2.75, 3.05) is 11.6 Å². The van der Waals surface area contributed by atoms with E-state index in [1.165, 1.54) is 0 Å². The number of aromatic amines is 2. The predicted molar refractivity (Wildman–Crippen MR) is 134 cm³/mol. The van der Waals surface area contributed by atoms with Gasteiger partial charge in [-0.2, -0.15) is 0 Å². The Morgan fingerprint density at radius 3 is 2.74 bits per heavy atom. The third kappa shape index (κ3) is 3.44. The molecule has 3 heterocycles. The maximum Gasteiger partial charge on any atom is 0.332 e. The van der Waals surface area contributed by atoms with Crippen LogP contribution in [0.1, 0.15) is 0 Å². The van der Waals surface area contributed by atoms with Gasteiger partial charge in [-0.3, -0.25) is 9.55 Å². The first-order valence-corrected chi connectivity index (χ1v) is 11.9. The highest BCUT2D eigenvalue weighted by Crippen LogP contribution is 2.30. The quantitative estimate of drug-likeness (QED) is 0.316. The summed E-state index contributed by atoms with van der Waals surface area (Å²) in [5.74, 6) is 0.603. The Morgan fingerprint density at radius 1 is 1.03 bits per heavy atom. The van der Waals surface area contributed by atoms with Crippen LogP contribution in [-0.2, 0) is 6.67 Å². The molecule has 0 aliphatic heterocycles. The maximum atomic E-state index is 13.2. The second-order valence-electron chi connectivity index (χ2n) is 7.73. The normalized spacial score (nSPS) is 11.4. The van der Waals surface area contributed by atoms with Gasteiger partial charge >= 0.3 is 5.69 Å². The van der Waals surface area contributed by atoms with Gasteiger partial charge in [-0.25, -0.2) is 14.5 Å². The van der Waals surface area contributed by atoms with Gasteiger partial charge in [-0.05, 0) is 48.7 Å². The van der Waals surface area contributed by atoms with Crippen molar-refractivity contribution in [2.24, 2.45) is 0 Å². The number of fused-ring (bicyclic) bond motifs is 2. The number of rotatable bonds is 6. The first-order chi connectivity index (χ1) is 16.7. The molecule has 9 nitrogen and oxygen atoms in total. The van der Waals surface area contributed by atoms with E-state index in [1.807, 2.05) is 60.9 Å². The number of imidazole rings is 2. The molecule has 0 saturated carbocycles. The van der Waals surface area contributed by atoms with Gasteiger partial charge in [0.15, 0.2) is 0 Å². The monoisotopic (exact) mass is 468 g/mol. The van der Waals surface area contributed by atoms with Gasteiger partial charge in [0.1, 0.15) is 18.0 Å². The molecule has 6 rings (SSSR count). The molecular weight excluding hydrogens is 448 g/mol. The van der Waals surface area contributed by atoms with Gasteiger partial charge in [0, 0.05) is 10.5 Å². The van der Waals surface area contributed by atoms with Crippen LogP contribution in [0, 0.1) is 0 Å². The van der Waals surface area contributed by atoms with E-state index in [9.17, 15) is 4.79 Å². The molecule has 3 aromatic heterocycles. The number of nitrogens with zero attached hydrogens (tertiary/aromatic N) is 5. The largest absolute Gasteiger partial charge is 0.351 e. The lowest BCUT2D eigenvalue weighted by atomic mass is 10.1. The highest BCUT2D eigenvalue weighted by atomic mass is 32.2. The summed E-state index contributed by atoms with van der Waals surface area (Å²) in [6, 6.07) is 21.6. The molecule has 6 aromatic rings. The minimum atomic E-state index is -0.242. The van der Waals surface area contributed by atoms with Crippen LogP contribution in [0.25, 0.3) is 39.0 Å². The van der Waals surface area contributed by atoms with Crippen molar-refractivity contribution in [3.63, 3.8) is 0 Å². The molecule has 0 saturated heterocycles. The third-order valence-corrected chi connectivity index (χ3v) is 6.49. The zero-order valence-corrected chi connectivity index (χ0v) is 19.0. The van der Waals surface area contributed by atoms with Gasteiger partial charge < -0.3 is 10.3 Å². The number of aromatic nitrogens is 7. The molecule has 0 unspecified atom stereocenters. The molecule has 0 aliphatic carbocycles. The lowest BCUT2D eigenvalue weighted by Gasteiger charge is -2.12. The van der Waals surface area contributed by atoms with E-state index in [-0.39, 0.29) is 5.69 Å². The smallest absolute Gasteiger partial charge is 0.332 e. The average molecular weight is 469 g/mol. The molecule has 0 fully saturated rings. The van der Waals surface area contributed by atoms with Crippen LogP contribution < -0.4 is 11.0 Å². The van der Waals surface area contributed by atoms with E-state index in [0.717, 1.165) is 43.9 Å². The summed E-state index contributed by atoms with van der Waals surface area (Å²) in [4.78, 5) is 24.8. The summed E-state index contributed by atoms with van der Waals surface area (Å²) in [6.07, 6.45) is 3.68.